The Kier molecular flexibility index (Phi) is 5.39. The summed E-state index contributed by atoms with van der Waals surface area (Å²) in [7, 11) is 0. The van der Waals surface area contributed by atoms with Crippen molar-refractivity contribution in [2.75, 3.05) is 26.4 Å². The van der Waals surface area contributed by atoms with Gasteiger partial charge in [0.15, 0.2) is 17.6 Å². The molecule has 0 fully saturated rings. The predicted molar refractivity (Wildman–Crippen MR) is 66.4 cm³/mol. The van der Waals surface area contributed by atoms with Gasteiger partial charge >= 0.3 is 11.4 Å². The average molecular weight is 294 g/mol. The predicted octanol–water partition coefficient (Wildman–Crippen LogP) is 1.45. The van der Waals surface area contributed by atoms with E-state index < -0.39 is 11.4 Å². The molecular formula is C10H14O6S2. The zero-order chi connectivity index (χ0) is 12.8. The molecule has 0 saturated carbocycles. The third kappa shape index (κ3) is 4.21. The molecule has 2 atom stereocenters. The lowest BCUT2D eigenvalue weighted by atomic mass is 10.3. The van der Waals surface area contributed by atoms with Crippen LogP contribution >= 0.6 is 11.3 Å². The van der Waals surface area contributed by atoms with Crippen LogP contribution in [0.3, 0.4) is 0 Å². The van der Waals surface area contributed by atoms with Crippen molar-refractivity contribution in [1.29, 1.82) is 0 Å². The summed E-state index contributed by atoms with van der Waals surface area (Å²) in [6.07, 6.45) is 0.448. The molecule has 102 valence electrons. The van der Waals surface area contributed by atoms with Crippen LogP contribution < -0.4 is 9.47 Å². The molecule has 1 aromatic rings. The molecule has 1 N–H and O–H groups in total. The Labute approximate surface area is 111 Å². The lowest BCUT2D eigenvalue weighted by Crippen LogP contribution is -2.33. The lowest BCUT2D eigenvalue weighted by molar-refractivity contribution is 0.00683. The van der Waals surface area contributed by atoms with Gasteiger partial charge in [0.05, 0.1) is 13.2 Å². The van der Waals surface area contributed by atoms with E-state index in [4.69, 9.17) is 18.8 Å². The monoisotopic (exact) mass is 294 g/mol. The fourth-order valence-corrected chi connectivity index (χ4v) is 2.38. The molecule has 2 rings (SSSR count). The quantitative estimate of drug-likeness (QED) is 0.606. The van der Waals surface area contributed by atoms with E-state index in [-0.39, 0.29) is 12.7 Å². The first kappa shape index (κ1) is 13.8. The molecule has 0 aromatic carbocycles. The zero-order valence-corrected chi connectivity index (χ0v) is 11.2. The summed E-state index contributed by atoms with van der Waals surface area (Å²) in [5.41, 5.74) is 0. The van der Waals surface area contributed by atoms with Gasteiger partial charge in [-0.15, -0.1) is 11.3 Å². The maximum Gasteiger partial charge on any atom is 0.301 e. The summed E-state index contributed by atoms with van der Waals surface area (Å²) in [6.45, 7) is 1.55. The van der Waals surface area contributed by atoms with Crippen LogP contribution in [0, 0.1) is 0 Å². The summed E-state index contributed by atoms with van der Waals surface area (Å²) < 4.78 is 39.5. The first-order valence-electron chi connectivity index (χ1n) is 5.43. The van der Waals surface area contributed by atoms with Crippen LogP contribution in [0.5, 0.6) is 11.5 Å². The first-order chi connectivity index (χ1) is 8.75. The van der Waals surface area contributed by atoms with E-state index in [1.165, 1.54) is 11.3 Å². The van der Waals surface area contributed by atoms with Crippen LogP contribution in [0.25, 0.3) is 0 Å². The largest absolute Gasteiger partial charge is 0.485 e. The Balaban J connectivity index is 1.57. The van der Waals surface area contributed by atoms with Crippen LogP contribution in [-0.4, -0.2) is 41.3 Å². The van der Waals surface area contributed by atoms with Crippen molar-refractivity contribution < 1.29 is 27.2 Å². The van der Waals surface area contributed by atoms with Gasteiger partial charge in [-0.25, -0.2) is 0 Å². The van der Waals surface area contributed by atoms with Crippen molar-refractivity contribution in [3.05, 3.63) is 10.8 Å². The number of rotatable bonds is 7. The van der Waals surface area contributed by atoms with E-state index in [9.17, 15) is 4.21 Å². The van der Waals surface area contributed by atoms with Crippen molar-refractivity contribution in [2.45, 2.75) is 12.5 Å². The van der Waals surface area contributed by atoms with Gasteiger partial charge in [-0.1, -0.05) is 0 Å². The molecule has 1 aliphatic heterocycles. The Hall–Kier alpha value is -0.670. The Morgan fingerprint density at radius 3 is 3.11 bits per heavy atom. The van der Waals surface area contributed by atoms with E-state index >= 15 is 0 Å². The topological polar surface area (TPSA) is 74.2 Å². The van der Waals surface area contributed by atoms with Gasteiger partial charge in [0, 0.05) is 17.4 Å². The Bertz CT molecular complexity index is 393. The highest BCUT2D eigenvalue weighted by atomic mass is 32.2. The lowest BCUT2D eigenvalue weighted by Gasteiger charge is -2.24. The van der Waals surface area contributed by atoms with Gasteiger partial charge in [-0.3, -0.25) is 8.74 Å². The molecule has 18 heavy (non-hydrogen) atoms. The van der Waals surface area contributed by atoms with E-state index in [1.54, 1.807) is 0 Å². The zero-order valence-electron chi connectivity index (χ0n) is 9.57. The molecular weight excluding hydrogens is 280 g/mol. The van der Waals surface area contributed by atoms with E-state index in [0.717, 1.165) is 11.5 Å². The van der Waals surface area contributed by atoms with E-state index in [0.29, 0.717) is 26.2 Å². The Morgan fingerprint density at radius 1 is 1.44 bits per heavy atom. The summed E-state index contributed by atoms with van der Waals surface area (Å²) >= 11 is -0.659. The van der Waals surface area contributed by atoms with Crippen molar-refractivity contribution in [2.24, 2.45) is 0 Å². The molecule has 0 aliphatic carbocycles. The van der Waals surface area contributed by atoms with Crippen LogP contribution in [0.1, 0.15) is 6.42 Å². The summed E-state index contributed by atoms with van der Waals surface area (Å²) in [5.74, 6) is 1.55. The molecule has 1 aromatic heterocycles. The highest BCUT2D eigenvalue weighted by Crippen LogP contribution is 2.35. The third-order valence-electron chi connectivity index (χ3n) is 2.23. The van der Waals surface area contributed by atoms with Crippen molar-refractivity contribution in [3.8, 4) is 11.5 Å². The number of hydrogen-bond donors (Lipinski definition) is 1. The SMILES string of the molecule is O=S(O)OCCCOCC1COc2cscc2O1. The van der Waals surface area contributed by atoms with Crippen LogP contribution in [0.4, 0.5) is 0 Å². The van der Waals surface area contributed by atoms with Gasteiger partial charge in [-0.05, 0) is 6.42 Å². The highest BCUT2D eigenvalue weighted by molar-refractivity contribution is 7.74. The molecule has 0 bridgehead atoms. The number of thiophene rings is 1. The fraction of sp³-hybridized carbons (Fsp3) is 0.600. The van der Waals surface area contributed by atoms with Crippen molar-refractivity contribution in [1.82, 2.24) is 0 Å². The minimum absolute atomic E-state index is 0.111. The Morgan fingerprint density at radius 2 is 2.28 bits per heavy atom. The van der Waals surface area contributed by atoms with Gasteiger partial charge in [0.2, 0.25) is 0 Å². The minimum atomic E-state index is -2.19. The molecule has 0 radical (unpaired) electrons. The molecule has 6 nitrogen and oxygen atoms in total. The molecule has 0 amide bonds. The molecule has 0 spiro atoms. The maximum atomic E-state index is 10.2. The van der Waals surface area contributed by atoms with Crippen LogP contribution in [0.15, 0.2) is 10.8 Å². The number of fused-ring (bicyclic) bond motifs is 1. The summed E-state index contributed by atoms with van der Waals surface area (Å²) in [4.78, 5) is 0. The summed E-state index contributed by atoms with van der Waals surface area (Å²) in [5, 5.41) is 3.80. The second kappa shape index (κ2) is 7.05. The number of hydrogen-bond acceptors (Lipinski definition) is 6. The fourth-order valence-electron chi connectivity index (χ4n) is 1.45. The van der Waals surface area contributed by atoms with Gasteiger partial charge in [-0.2, -0.15) is 4.21 Å². The molecule has 0 saturated heterocycles. The van der Waals surface area contributed by atoms with Gasteiger partial charge < -0.3 is 14.2 Å². The second-order valence-corrected chi connectivity index (χ2v) is 5.03. The second-order valence-electron chi connectivity index (χ2n) is 3.62. The normalized spacial score (nSPS) is 19.7. The molecule has 1 aliphatic rings. The smallest absolute Gasteiger partial charge is 0.301 e. The van der Waals surface area contributed by atoms with E-state index in [2.05, 4.69) is 4.18 Å². The van der Waals surface area contributed by atoms with Crippen molar-refractivity contribution >= 4 is 22.7 Å². The third-order valence-corrected chi connectivity index (χ3v) is 3.30. The summed E-state index contributed by atoms with van der Waals surface area (Å²) in [6, 6.07) is 0. The first-order valence-corrected chi connectivity index (χ1v) is 7.40. The number of ether oxygens (including phenoxy) is 3. The maximum absolute atomic E-state index is 10.2. The molecule has 2 heterocycles. The molecule has 2 unspecified atom stereocenters. The van der Waals surface area contributed by atoms with E-state index in [1.807, 2.05) is 10.8 Å². The van der Waals surface area contributed by atoms with Gasteiger partial charge in [0.25, 0.3) is 0 Å². The minimum Gasteiger partial charge on any atom is -0.485 e. The van der Waals surface area contributed by atoms with Crippen LogP contribution in [-0.2, 0) is 20.3 Å². The highest BCUT2D eigenvalue weighted by Gasteiger charge is 2.21. The van der Waals surface area contributed by atoms with Crippen LogP contribution in [0.2, 0.25) is 0 Å². The van der Waals surface area contributed by atoms with Gasteiger partial charge in [0.1, 0.15) is 6.61 Å². The van der Waals surface area contributed by atoms with Crippen molar-refractivity contribution in [3.63, 3.8) is 0 Å². The average Bonchev–Trinajstić information content (AvgIpc) is 2.80. The standard InChI is InChI=1S/C10H14O6S2/c11-18(12)15-3-1-2-13-4-8-5-14-9-6-17-7-10(9)16-8/h6-8H,1-5H2,(H,11,12). The molecule has 8 heteroatoms.